The van der Waals surface area contributed by atoms with E-state index in [4.69, 9.17) is 26.2 Å². The standard InChI is InChI=1S/C26H23ClN2O8S/c1-13(23(30)29-20-11-19(27)21(36-2)12-22(20)37-3)38-16-6-4-5-15(10-16)28-24(31)17-8-7-14(25(32)33)9-18(17)26(34)35/h4-13H,1-3H3,(H,28,31)(H,29,30)(H,32,33)(H,34,35). The molecule has 0 aliphatic carbocycles. The van der Waals surface area contributed by atoms with E-state index >= 15 is 0 Å². The number of halogens is 1. The van der Waals surface area contributed by atoms with Gasteiger partial charge in [-0.05, 0) is 49.4 Å². The Kier molecular flexibility index (Phi) is 9.21. The molecule has 0 aromatic heterocycles. The minimum atomic E-state index is -1.43. The third-order valence-corrected chi connectivity index (χ3v) is 6.64. The zero-order chi connectivity index (χ0) is 28.0. The summed E-state index contributed by atoms with van der Waals surface area (Å²) >= 11 is 7.40. The Bertz CT molecular complexity index is 1410. The van der Waals surface area contributed by atoms with Crippen molar-refractivity contribution in [2.45, 2.75) is 17.1 Å². The van der Waals surface area contributed by atoms with E-state index in [9.17, 15) is 24.3 Å². The summed E-state index contributed by atoms with van der Waals surface area (Å²) in [4.78, 5) is 49.0. The molecular weight excluding hydrogens is 536 g/mol. The summed E-state index contributed by atoms with van der Waals surface area (Å²) in [5, 5.41) is 23.7. The molecule has 198 valence electrons. The maximum atomic E-state index is 12.8. The first kappa shape index (κ1) is 28.4. The molecule has 1 unspecified atom stereocenters. The highest BCUT2D eigenvalue weighted by molar-refractivity contribution is 8.00. The Morgan fingerprint density at radius 1 is 0.868 bits per heavy atom. The first-order valence-corrected chi connectivity index (χ1v) is 12.2. The first-order chi connectivity index (χ1) is 18.0. The zero-order valence-electron chi connectivity index (χ0n) is 20.4. The van der Waals surface area contributed by atoms with Gasteiger partial charge in [-0.1, -0.05) is 17.7 Å². The van der Waals surface area contributed by atoms with Crippen molar-refractivity contribution >= 4 is 58.5 Å². The molecule has 10 nitrogen and oxygen atoms in total. The van der Waals surface area contributed by atoms with E-state index < -0.39 is 28.7 Å². The lowest BCUT2D eigenvalue weighted by atomic mass is 10.0. The summed E-state index contributed by atoms with van der Waals surface area (Å²) in [6, 6.07) is 13.0. The van der Waals surface area contributed by atoms with Crippen LogP contribution in [0, 0.1) is 0 Å². The van der Waals surface area contributed by atoms with Crippen molar-refractivity contribution in [3.8, 4) is 11.5 Å². The maximum Gasteiger partial charge on any atom is 0.336 e. The molecule has 0 fully saturated rings. The maximum absolute atomic E-state index is 12.8. The first-order valence-electron chi connectivity index (χ1n) is 10.9. The fraction of sp³-hybridized carbons (Fsp3) is 0.154. The van der Waals surface area contributed by atoms with Crippen LogP contribution in [0.3, 0.4) is 0 Å². The number of carboxylic acid groups (broad SMARTS) is 2. The van der Waals surface area contributed by atoms with Crippen molar-refractivity contribution in [2.24, 2.45) is 0 Å². The number of carbonyl (C=O) groups is 4. The third kappa shape index (κ3) is 6.75. The van der Waals surface area contributed by atoms with Crippen LogP contribution < -0.4 is 20.1 Å². The van der Waals surface area contributed by atoms with E-state index in [2.05, 4.69) is 10.6 Å². The van der Waals surface area contributed by atoms with Crippen LogP contribution in [0.4, 0.5) is 11.4 Å². The second-order valence-corrected chi connectivity index (χ2v) is 9.61. The van der Waals surface area contributed by atoms with E-state index in [1.165, 1.54) is 32.0 Å². The van der Waals surface area contributed by atoms with Gasteiger partial charge in [-0.3, -0.25) is 9.59 Å². The SMILES string of the molecule is COc1cc(OC)c(NC(=O)C(C)Sc2cccc(NC(=O)c3ccc(C(=O)O)cc3C(=O)O)c2)cc1Cl. The van der Waals surface area contributed by atoms with E-state index in [1.54, 1.807) is 37.3 Å². The zero-order valence-corrected chi connectivity index (χ0v) is 22.0. The number of benzene rings is 3. The Labute approximate surface area is 226 Å². The molecule has 4 N–H and O–H groups in total. The molecule has 0 radical (unpaired) electrons. The Hall–Kier alpha value is -4.22. The number of thioether (sulfide) groups is 1. The van der Waals surface area contributed by atoms with Crippen molar-refractivity contribution in [2.75, 3.05) is 24.9 Å². The number of ether oxygens (including phenoxy) is 2. The molecule has 0 aliphatic heterocycles. The largest absolute Gasteiger partial charge is 0.495 e. The lowest BCUT2D eigenvalue weighted by Gasteiger charge is -2.16. The average Bonchev–Trinajstić information content (AvgIpc) is 2.88. The average molecular weight is 559 g/mol. The van der Waals surface area contributed by atoms with Gasteiger partial charge >= 0.3 is 11.9 Å². The van der Waals surface area contributed by atoms with E-state index in [-0.39, 0.29) is 17.0 Å². The summed E-state index contributed by atoms with van der Waals surface area (Å²) in [6.07, 6.45) is 0. The minimum absolute atomic E-state index is 0.194. The second kappa shape index (κ2) is 12.3. The van der Waals surface area contributed by atoms with Gasteiger partial charge in [0.15, 0.2) is 0 Å². The van der Waals surface area contributed by atoms with Gasteiger partial charge in [-0.2, -0.15) is 0 Å². The number of hydrogen-bond donors (Lipinski definition) is 4. The fourth-order valence-corrected chi connectivity index (χ4v) is 4.51. The monoisotopic (exact) mass is 558 g/mol. The minimum Gasteiger partial charge on any atom is -0.495 e. The smallest absolute Gasteiger partial charge is 0.336 e. The Morgan fingerprint density at radius 3 is 2.21 bits per heavy atom. The Balaban J connectivity index is 1.72. The number of nitrogens with one attached hydrogen (secondary N) is 2. The molecule has 0 saturated carbocycles. The number of carboxylic acids is 2. The number of carbonyl (C=O) groups excluding carboxylic acids is 2. The topological polar surface area (TPSA) is 151 Å². The van der Waals surface area contributed by atoms with Gasteiger partial charge in [0.25, 0.3) is 5.91 Å². The summed E-state index contributed by atoms with van der Waals surface area (Å²) < 4.78 is 10.5. The van der Waals surface area contributed by atoms with Crippen molar-refractivity contribution in [3.05, 3.63) is 76.3 Å². The van der Waals surface area contributed by atoms with Gasteiger partial charge in [0.1, 0.15) is 11.5 Å². The van der Waals surface area contributed by atoms with Crippen molar-refractivity contribution < 1.29 is 38.9 Å². The summed E-state index contributed by atoms with van der Waals surface area (Å²) in [7, 11) is 2.92. The number of methoxy groups -OCH3 is 2. The van der Waals surface area contributed by atoms with Gasteiger partial charge in [0.2, 0.25) is 5.91 Å². The van der Waals surface area contributed by atoms with Gasteiger partial charge in [0, 0.05) is 16.6 Å². The van der Waals surface area contributed by atoms with Crippen LogP contribution in [0.1, 0.15) is 38.0 Å². The normalized spacial score (nSPS) is 11.3. The fourth-order valence-electron chi connectivity index (χ4n) is 3.35. The molecule has 3 aromatic carbocycles. The highest BCUT2D eigenvalue weighted by Crippen LogP contribution is 2.36. The highest BCUT2D eigenvalue weighted by atomic mass is 35.5. The number of anilines is 2. The third-order valence-electron chi connectivity index (χ3n) is 5.25. The summed E-state index contributed by atoms with van der Waals surface area (Å²) in [5.41, 5.74) is -0.151. The number of hydrogen-bond acceptors (Lipinski definition) is 7. The van der Waals surface area contributed by atoms with Crippen LogP contribution in [0.25, 0.3) is 0 Å². The molecule has 3 aromatic rings. The number of rotatable bonds is 10. The predicted molar refractivity (Wildman–Crippen MR) is 143 cm³/mol. The molecular formula is C26H23ClN2O8S. The van der Waals surface area contributed by atoms with Crippen LogP contribution >= 0.6 is 23.4 Å². The molecule has 2 amide bonds. The molecule has 3 rings (SSSR count). The van der Waals surface area contributed by atoms with Crippen LogP contribution in [0.15, 0.2) is 59.5 Å². The van der Waals surface area contributed by atoms with Gasteiger partial charge in [-0.25, -0.2) is 9.59 Å². The molecule has 38 heavy (non-hydrogen) atoms. The van der Waals surface area contributed by atoms with Gasteiger partial charge in [-0.15, -0.1) is 11.8 Å². The highest BCUT2D eigenvalue weighted by Gasteiger charge is 2.21. The van der Waals surface area contributed by atoms with Crippen molar-refractivity contribution in [1.29, 1.82) is 0 Å². The van der Waals surface area contributed by atoms with Crippen LogP contribution in [-0.4, -0.2) is 53.4 Å². The van der Waals surface area contributed by atoms with Crippen LogP contribution in [0.5, 0.6) is 11.5 Å². The molecule has 0 heterocycles. The lowest BCUT2D eigenvalue weighted by molar-refractivity contribution is -0.115. The number of amides is 2. The number of aromatic carboxylic acids is 2. The predicted octanol–water partition coefficient (Wildman–Crippen LogP) is 5.13. The van der Waals surface area contributed by atoms with Gasteiger partial charge < -0.3 is 30.3 Å². The summed E-state index contributed by atoms with van der Waals surface area (Å²) in [6.45, 7) is 1.70. The molecule has 0 bridgehead atoms. The second-order valence-electron chi connectivity index (χ2n) is 7.79. The van der Waals surface area contributed by atoms with Crippen molar-refractivity contribution in [1.82, 2.24) is 0 Å². The Morgan fingerprint density at radius 2 is 1.58 bits per heavy atom. The van der Waals surface area contributed by atoms with E-state index in [0.717, 1.165) is 18.2 Å². The van der Waals surface area contributed by atoms with Crippen LogP contribution in [0.2, 0.25) is 5.02 Å². The molecule has 1 atom stereocenters. The van der Waals surface area contributed by atoms with Crippen molar-refractivity contribution in [3.63, 3.8) is 0 Å². The summed E-state index contributed by atoms with van der Waals surface area (Å²) in [5.74, 6) is -3.02. The van der Waals surface area contributed by atoms with Gasteiger partial charge in [0.05, 0.1) is 46.9 Å². The molecule has 0 saturated heterocycles. The quantitative estimate of drug-likeness (QED) is 0.248. The van der Waals surface area contributed by atoms with E-state index in [0.29, 0.717) is 32.8 Å². The molecule has 12 heteroatoms. The van der Waals surface area contributed by atoms with E-state index in [1.807, 2.05) is 0 Å². The molecule has 0 aliphatic rings. The molecule has 0 spiro atoms. The lowest BCUT2D eigenvalue weighted by Crippen LogP contribution is -2.22. The van der Waals surface area contributed by atoms with Crippen LogP contribution in [-0.2, 0) is 4.79 Å².